The second-order valence-electron chi connectivity index (χ2n) is 2.20. The molecule has 14 heavy (non-hydrogen) atoms. The summed E-state index contributed by atoms with van der Waals surface area (Å²) in [6, 6.07) is 0. The maximum atomic E-state index is 11.8. The van der Waals surface area contributed by atoms with Crippen molar-refractivity contribution in [3.05, 3.63) is 12.2 Å². The first-order valence-corrected chi connectivity index (χ1v) is 4.71. The van der Waals surface area contributed by atoms with Crippen LogP contribution in [0.5, 0.6) is 0 Å². The molecule has 0 radical (unpaired) electrons. The summed E-state index contributed by atoms with van der Waals surface area (Å²) in [5.41, 5.74) is -5.44. The molecule has 0 N–H and O–H groups in total. The Morgan fingerprint density at radius 1 is 1.43 bits per heavy atom. The molecule has 0 unspecified atom stereocenters. The molecule has 1 aliphatic heterocycles. The number of rotatable bonds is 2. The Hall–Kier alpha value is -1.09. The number of hydrogen-bond acceptors (Lipinski definition) is 5. The number of hydrogen-bond donors (Lipinski definition) is 0. The summed E-state index contributed by atoms with van der Waals surface area (Å²) in [5, 5.41) is 3.57. The zero-order valence-electron chi connectivity index (χ0n) is 6.60. The molecular weight excluding hydrogens is 225 g/mol. The number of allylic oxidation sites excluding steroid dienone is 1. The second-order valence-corrected chi connectivity index (χ2v) is 3.72. The maximum Gasteiger partial charge on any atom is 0.525 e. The number of hydrazone groups is 1. The van der Waals surface area contributed by atoms with E-state index in [4.69, 9.17) is 0 Å². The monoisotopic (exact) mass is 230 g/mol. The topological polar surface area (TPSA) is 59.0 Å². The quantitative estimate of drug-likeness (QED) is 0.652. The minimum Gasteiger partial charge on any atom is -0.188 e. The van der Waals surface area contributed by atoms with E-state index in [9.17, 15) is 21.6 Å². The fourth-order valence-corrected chi connectivity index (χ4v) is 0.987. The van der Waals surface area contributed by atoms with E-state index in [2.05, 4.69) is 9.39 Å². The van der Waals surface area contributed by atoms with Crippen LogP contribution in [0.2, 0.25) is 0 Å². The highest BCUT2D eigenvalue weighted by atomic mass is 32.2. The first-order chi connectivity index (χ1) is 6.33. The lowest BCUT2D eigenvalue weighted by atomic mass is 10.5. The molecule has 0 amide bonds. The molecule has 0 saturated heterocycles. The van der Waals surface area contributed by atoms with Gasteiger partial charge in [0.15, 0.2) is 0 Å². The van der Waals surface area contributed by atoms with E-state index in [0.29, 0.717) is 5.17 Å². The van der Waals surface area contributed by atoms with Gasteiger partial charge in [-0.15, -0.1) is 4.28 Å². The van der Waals surface area contributed by atoms with Gasteiger partial charge in [-0.1, -0.05) is 6.08 Å². The predicted octanol–water partition coefficient (Wildman–Crippen LogP) is 0.625. The van der Waals surface area contributed by atoms with E-state index >= 15 is 0 Å². The Morgan fingerprint density at radius 3 is 2.50 bits per heavy atom. The average Bonchev–Trinajstić information content (AvgIpc) is 2.03. The van der Waals surface area contributed by atoms with E-state index < -0.39 is 15.6 Å². The SMILES string of the molecule is O=S(=O)(ON1CC=CC=N1)C(F)(F)F. The average molecular weight is 230 g/mol. The highest BCUT2D eigenvalue weighted by Crippen LogP contribution is 2.25. The summed E-state index contributed by atoms with van der Waals surface area (Å²) in [4.78, 5) is 0. The summed E-state index contributed by atoms with van der Waals surface area (Å²) < 4.78 is 59.9. The molecule has 0 fully saturated rings. The van der Waals surface area contributed by atoms with Crippen molar-refractivity contribution in [3.63, 3.8) is 0 Å². The molecule has 0 aromatic rings. The third kappa shape index (κ3) is 2.45. The van der Waals surface area contributed by atoms with Gasteiger partial charge in [0.05, 0.1) is 6.54 Å². The summed E-state index contributed by atoms with van der Waals surface area (Å²) in [5.74, 6) is 0. The fraction of sp³-hybridized carbons (Fsp3) is 0.400. The molecule has 9 heteroatoms. The van der Waals surface area contributed by atoms with Crippen molar-refractivity contribution in [2.24, 2.45) is 5.10 Å². The first kappa shape index (κ1) is 11.0. The van der Waals surface area contributed by atoms with Gasteiger partial charge in [0.1, 0.15) is 0 Å². The zero-order valence-corrected chi connectivity index (χ0v) is 7.42. The van der Waals surface area contributed by atoms with Crippen LogP contribution in [0, 0.1) is 0 Å². The minimum absolute atomic E-state index is 0.161. The van der Waals surface area contributed by atoms with Gasteiger partial charge in [-0.2, -0.15) is 31.9 Å². The fourth-order valence-electron chi connectivity index (χ4n) is 0.577. The molecule has 80 valence electrons. The maximum absolute atomic E-state index is 11.8. The van der Waals surface area contributed by atoms with Gasteiger partial charge in [-0.05, 0) is 6.08 Å². The molecule has 0 atom stereocenters. The lowest BCUT2D eigenvalue weighted by Gasteiger charge is -2.17. The zero-order chi connectivity index (χ0) is 10.8. The van der Waals surface area contributed by atoms with Gasteiger partial charge in [0.2, 0.25) is 0 Å². The highest BCUT2D eigenvalue weighted by Gasteiger charge is 2.49. The van der Waals surface area contributed by atoms with E-state index in [0.717, 1.165) is 6.21 Å². The number of halogens is 3. The molecule has 0 aliphatic carbocycles. The molecule has 0 saturated carbocycles. The Morgan fingerprint density at radius 2 is 2.07 bits per heavy atom. The van der Waals surface area contributed by atoms with E-state index in [1.807, 2.05) is 0 Å². The number of nitrogens with zero attached hydrogens (tertiary/aromatic N) is 2. The van der Waals surface area contributed by atoms with E-state index in [1.54, 1.807) is 0 Å². The normalized spacial score (nSPS) is 17.5. The Kier molecular flexibility index (Phi) is 2.81. The Bertz CT molecular complexity index is 359. The molecule has 0 spiro atoms. The standard InChI is InChI=1S/C5H5F3N2O3S/c6-5(7,8)14(11,12)13-10-4-2-1-3-9-10/h1-3H,4H2. The van der Waals surface area contributed by atoms with Gasteiger partial charge in [0, 0.05) is 6.21 Å². The van der Waals surface area contributed by atoms with Crippen LogP contribution in [-0.2, 0) is 14.4 Å². The largest absolute Gasteiger partial charge is 0.525 e. The van der Waals surface area contributed by atoms with Crippen molar-refractivity contribution in [1.29, 1.82) is 0 Å². The summed E-state index contributed by atoms with van der Waals surface area (Å²) in [7, 11) is -5.62. The van der Waals surface area contributed by atoms with Crippen LogP contribution >= 0.6 is 0 Å². The number of alkyl halides is 3. The van der Waals surface area contributed by atoms with Crippen LogP contribution in [0.1, 0.15) is 0 Å². The van der Waals surface area contributed by atoms with Gasteiger partial charge >= 0.3 is 15.6 Å². The lowest BCUT2D eigenvalue weighted by Crippen LogP contribution is -2.32. The van der Waals surface area contributed by atoms with Crippen LogP contribution in [0.3, 0.4) is 0 Å². The summed E-state index contributed by atoms with van der Waals surface area (Å²) in [6.07, 6.45) is 3.94. The molecular formula is C5H5F3N2O3S. The van der Waals surface area contributed by atoms with Crippen LogP contribution in [-0.4, -0.2) is 31.9 Å². The van der Waals surface area contributed by atoms with Crippen molar-refractivity contribution in [1.82, 2.24) is 5.17 Å². The third-order valence-electron chi connectivity index (χ3n) is 1.15. The summed E-state index contributed by atoms with van der Waals surface area (Å²) in [6.45, 7) is -0.161. The molecule has 0 aromatic carbocycles. The lowest BCUT2D eigenvalue weighted by molar-refractivity contribution is -0.0962. The predicted molar refractivity (Wildman–Crippen MR) is 40.4 cm³/mol. The van der Waals surface area contributed by atoms with Crippen molar-refractivity contribution in [3.8, 4) is 0 Å². The van der Waals surface area contributed by atoms with Gasteiger partial charge in [-0.3, -0.25) is 0 Å². The third-order valence-corrected chi connectivity index (χ3v) is 2.08. The van der Waals surface area contributed by atoms with Crippen LogP contribution in [0.15, 0.2) is 17.3 Å². The molecule has 0 aromatic heterocycles. The van der Waals surface area contributed by atoms with Crippen LogP contribution < -0.4 is 0 Å². The number of hydroxylamine groups is 1. The van der Waals surface area contributed by atoms with Crippen LogP contribution in [0.25, 0.3) is 0 Å². The van der Waals surface area contributed by atoms with Crippen LogP contribution in [0.4, 0.5) is 13.2 Å². The van der Waals surface area contributed by atoms with E-state index in [1.165, 1.54) is 12.2 Å². The minimum atomic E-state index is -5.62. The Balaban J connectivity index is 2.70. The van der Waals surface area contributed by atoms with Gasteiger partial charge < -0.3 is 0 Å². The molecule has 5 nitrogen and oxygen atoms in total. The van der Waals surface area contributed by atoms with Crippen molar-refractivity contribution in [2.45, 2.75) is 5.51 Å². The smallest absolute Gasteiger partial charge is 0.188 e. The molecule has 1 aliphatic rings. The molecule has 1 rings (SSSR count). The van der Waals surface area contributed by atoms with Crippen molar-refractivity contribution >= 4 is 16.3 Å². The first-order valence-electron chi connectivity index (χ1n) is 3.30. The second kappa shape index (κ2) is 3.58. The van der Waals surface area contributed by atoms with Crippen molar-refractivity contribution in [2.75, 3.05) is 6.54 Å². The molecule has 1 heterocycles. The van der Waals surface area contributed by atoms with Gasteiger partial charge in [-0.25, -0.2) is 0 Å². The molecule has 0 bridgehead atoms. The van der Waals surface area contributed by atoms with Crippen molar-refractivity contribution < 1.29 is 25.9 Å². The van der Waals surface area contributed by atoms with E-state index in [-0.39, 0.29) is 6.54 Å². The summed E-state index contributed by atoms with van der Waals surface area (Å²) >= 11 is 0. The Labute approximate surface area is 77.5 Å². The highest BCUT2D eigenvalue weighted by molar-refractivity contribution is 7.87. The van der Waals surface area contributed by atoms with Gasteiger partial charge in [0.25, 0.3) is 0 Å².